The second-order valence-corrected chi connectivity index (χ2v) is 5.96. The van der Waals surface area contributed by atoms with Gasteiger partial charge in [-0.1, -0.05) is 0 Å². The van der Waals surface area contributed by atoms with E-state index in [2.05, 4.69) is 10.2 Å². The Morgan fingerprint density at radius 1 is 0.958 bits per heavy atom. The molecule has 1 aromatic carbocycles. The lowest BCUT2D eigenvalue weighted by atomic mass is 9.90. The van der Waals surface area contributed by atoms with Crippen LogP contribution in [0.4, 0.5) is 17.1 Å². The van der Waals surface area contributed by atoms with Crippen LogP contribution in [0.2, 0.25) is 0 Å². The lowest BCUT2D eigenvalue weighted by Crippen LogP contribution is -2.22. The van der Waals surface area contributed by atoms with Gasteiger partial charge < -0.3 is 0 Å². The smallest absolute Gasteiger partial charge is 0.258 e. The fourth-order valence-corrected chi connectivity index (χ4v) is 2.73. The van der Waals surface area contributed by atoms with Crippen molar-refractivity contribution >= 4 is 17.1 Å². The highest BCUT2D eigenvalue weighted by Crippen LogP contribution is 2.43. The first-order valence-corrected chi connectivity index (χ1v) is 7.31. The fourth-order valence-electron chi connectivity index (χ4n) is 2.73. The number of benzene rings is 1. The lowest BCUT2D eigenvalue weighted by molar-refractivity contribution is -0.393. The van der Waals surface area contributed by atoms with Gasteiger partial charge in [0.25, 0.3) is 5.69 Å². The first kappa shape index (κ1) is 17.5. The summed E-state index contributed by atoms with van der Waals surface area (Å²) in [5, 5.41) is 30.3. The van der Waals surface area contributed by atoms with Crippen LogP contribution < -0.4 is 0 Å². The Morgan fingerprint density at radius 3 is 1.96 bits per heavy atom. The van der Waals surface area contributed by atoms with E-state index in [1.165, 1.54) is 12.1 Å². The van der Waals surface area contributed by atoms with Crippen molar-refractivity contribution in [1.29, 1.82) is 0 Å². The first-order valence-electron chi connectivity index (χ1n) is 7.31. The van der Waals surface area contributed by atoms with E-state index in [0.717, 1.165) is 28.4 Å². The van der Waals surface area contributed by atoms with Crippen molar-refractivity contribution in [2.75, 3.05) is 0 Å². The van der Waals surface area contributed by atoms with Gasteiger partial charge in [-0.3, -0.25) is 20.2 Å². The number of azo groups is 1. The molecular formula is C16H18N4O4. The molecule has 0 radical (unpaired) electrons. The summed E-state index contributed by atoms with van der Waals surface area (Å²) >= 11 is 0. The van der Waals surface area contributed by atoms with Crippen molar-refractivity contribution in [3.05, 3.63) is 60.7 Å². The van der Waals surface area contributed by atoms with Crippen LogP contribution >= 0.6 is 0 Å². The summed E-state index contributed by atoms with van der Waals surface area (Å²) in [4.78, 5) is 20.6. The van der Waals surface area contributed by atoms with Crippen LogP contribution in [0.3, 0.4) is 0 Å². The van der Waals surface area contributed by atoms with E-state index in [1.54, 1.807) is 0 Å². The average Bonchev–Trinajstić information content (AvgIpc) is 2.68. The Kier molecular flexibility index (Phi) is 4.33. The van der Waals surface area contributed by atoms with Crippen molar-refractivity contribution in [3.8, 4) is 0 Å². The summed E-state index contributed by atoms with van der Waals surface area (Å²) in [5.41, 5.74) is 2.87. The Labute approximate surface area is 138 Å². The third kappa shape index (κ3) is 2.70. The van der Waals surface area contributed by atoms with Gasteiger partial charge in [0, 0.05) is 6.07 Å². The van der Waals surface area contributed by atoms with Crippen molar-refractivity contribution < 1.29 is 9.85 Å². The van der Waals surface area contributed by atoms with Gasteiger partial charge in [0.05, 0.1) is 15.9 Å². The third-order valence-electron chi connectivity index (χ3n) is 4.87. The summed E-state index contributed by atoms with van der Waals surface area (Å²) in [5.74, 6) is 0. The summed E-state index contributed by atoms with van der Waals surface area (Å²) < 4.78 is 0. The standard InChI is InChI=1S/C16H18N4O4/c1-9-10(2)12(4)16(5,11(9)3)18-17-14-7-6-13(19(21)22)8-15(14)20(23)24/h6-8H,1-5H3. The topological polar surface area (TPSA) is 111 Å². The second kappa shape index (κ2) is 5.95. The van der Waals surface area contributed by atoms with Crippen LogP contribution in [-0.2, 0) is 0 Å². The zero-order valence-electron chi connectivity index (χ0n) is 14.2. The summed E-state index contributed by atoms with van der Waals surface area (Å²) in [6.45, 7) is 9.82. The maximum absolute atomic E-state index is 11.2. The molecule has 0 unspecified atom stereocenters. The summed E-state index contributed by atoms with van der Waals surface area (Å²) in [6, 6.07) is 3.32. The molecule has 0 spiro atoms. The van der Waals surface area contributed by atoms with Gasteiger partial charge in [0.1, 0.15) is 5.54 Å². The number of nitro benzene ring substituents is 2. The maximum atomic E-state index is 11.2. The molecule has 0 N–H and O–H groups in total. The number of non-ortho nitro benzene ring substituents is 1. The summed E-state index contributed by atoms with van der Waals surface area (Å²) in [7, 11) is 0. The van der Waals surface area contributed by atoms with E-state index in [-0.39, 0.29) is 11.4 Å². The number of hydrogen-bond donors (Lipinski definition) is 0. The zero-order valence-corrected chi connectivity index (χ0v) is 14.2. The molecule has 0 aromatic heterocycles. The Morgan fingerprint density at radius 2 is 1.50 bits per heavy atom. The minimum Gasteiger partial charge on any atom is -0.258 e. The highest BCUT2D eigenvalue weighted by atomic mass is 16.6. The minimum atomic E-state index is -0.694. The average molecular weight is 330 g/mol. The Hall–Kier alpha value is -2.90. The molecule has 0 fully saturated rings. The van der Waals surface area contributed by atoms with Crippen LogP contribution in [0, 0.1) is 20.2 Å². The van der Waals surface area contributed by atoms with E-state index >= 15 is 0 Å². The van der Waals surface area contributed by atoms with Gasteiger partial charge in [0.2, 0.25) is 0 Å². The van der Waals surface area contributed by atoms with E-state index in [0.29, 0.717) is 0 Å². The fraction of sp³-hybridized carbons (Fsp3) is 0.375. The predicted molar refractivity (Wildman–Crippen MR) is 89.4 cm³/mol. The molecule has 24 heavy (non-hydrogen) atoms. The summed E-state index contributed by atoms with van der Waals surface area (Å²) in [6.07, 6.45) is 0. The molecule has 0 amide bonds. The second-order valence-electron chi connectivity index (χ2n) is 5.96. The largest absolute Gasteiger partial charge is 0.303 e. The van der Waals surface area contributed by atoms with Crippen molar-refractivity contribution in [2.45, 2.75) is 40.2 Å². The van der Waals surface area contributed by atoms with Crippen LogP contribution in [0.1, 0.15) is 34.6 Å². The monoisotopic (exact) mass is 330 g/mol. The van der Waals surface area contributed by atoms with Gasteiger partial charge >= 0.3 is 5.69 Å². The lowest BCUT2D eigenvalue weighted by Gasteiger charge is -2.22. The molecule has 0 aliphatic heterocycles. The SMILES string of the molecule is CC1=C(C)C(C)(N=Nc2ccc([N+](=O)[O-])cc2[N+](=O)[O-])C(C)=C1C. The Balaban J connectivity index is 2.50. The first-order chi connectivity index (χ1) is 11.1. The van der Waals surface area contributed by atoms with Crippen LogP contribution in [0.15, 0.2) is 50.7 Å². The quantitative estimate of drug-likeness (QED) is 0.437. The molecule has 1 aliphatic carbocycles. The van der Waals surface area contributed by atoms with Crippen LogP contribution in [0.25, 0.3) is 0 Å². The third-order valence-corrected chi connectivity index (χ3v) is 4.87. The molecule has 1 aromatic rings. The van der Waals surface area contributed by atoms with Gasteiger partial charge in [-0.05, 0) is 63.0 Å². The number of nitrogens with zero attached hydrogens (tertiary/aromatic N) is 4. The van der Waals surface area contributed by atoms with E-state index in [1.807, 2.05) is 34.6 Å². The number of nitro groups is 2. The molecule has 0 saturated carbocycles. The molecule has 0 saturated heterocycles. The zero-order chi connectivity index (χ0) is 18.2. The van der Waals surface area contributed by atoms with Crippen LogP contribution in [-0.4, -0.2) is 15.4 Å². The van der Waals surface area contributed by atoms with Gasteiger partial charge in [0.15, 0.2) is 5.69 Å². The molecule has 0 bridgehead atoms. The molecule has 0 atom stereocenters. The highest BCUT2D eigenvalue weighted by molar-refractivity contribution is 5.62. The predicted octanol–water partition coefficient (Wildman–Crippen LogP) is 5.03. The minimum absolute atomic E-state index is 0.00497. The maximum Gasteiger partial charge on any atom is 0.303 e. The van der Waals surface area contributed by atoms with Gasteiger partial charge in [-0.2, -0.15) is 5.11 Å². The Bertz CT molecular complexity index is 812. The molecular weight excluding hydrogens is 312 g/mol. The van der Waals surface area contributed by atoms with Gasteiger partial charge in [-0.15, -0.1) is 5.11 Å². The number of hydrogen-bond acceptors (Lipinski definition) is 6. The van der Waals surface area contributed by atoms with E-state index < -0.39 is 21.1 Å². The highest BCUT2D eigenvalue weighted by Gasteiger charge is 2.36. The van der Waals surface area contributed by atoms with E-state index in [9.17, 15) is 20.2 Å². The molecule has 8 nitrogen and oxygen atoms in total. The van der Waals surface area contributed by atoms with Crippen LogP contribution in [0.5, 0.6) is 0 Å². The molecule has 1 aliphatic rings. The van der Waals surface area contributed by atoms with E-state index in [4.69, 9.17) is 0 Å². The number of rotatable bonds is 4. The van der Waals surface area contributed by atoms with Crippen molar-refractivity contribution in [2.24, 2.45) is 10.2 Å². The normalized spacial score (nSPS) is 17.0. The van der Waals surface area contributed by atoms with Gasteiger partial charge in [-0.25, -0.2) is 0 Å². The molecule has 8 heteroatoms. The molecule has 126 valence electrons. The molecule has 0 heterocycles. The van der Waals surface area contributed by atoms with Crippen molar-refractivity contribution in [3.63, 3.8) is 0 Å². The molecule has 2 rings (SSSR count). The number of allylic oxidation sites excluding steroid dienone is 2. The van der Waals surface area contributed by atoms with Crippen molar-refractivity contribution in [1.82, 2.24) is 0 Å².